The molecule has 0 aliphatic heterocycles. The predicted octanol–water partition coefficient (Wildman–Crippen LogP) is 1.36. The van der Waals surface area contributed by atoms with Gasteiger partial charge in [0.1, 0.15) is 0 Å². The van der Waals surface area contributed by atoms with Gasteiger partial charge >= 0.3 is 12.1 Å². The van der Waals surface area contributed by atoms with Crippen LogP contribution in [0.3, 0.4) is 0 Å². The third-order valence-corrected chi connectivity index (χ3v) is 2.40. The Hall–Kier alpha value is -2.24. The molecule has 0 saturated carbocycles. The number of benzene rings is 1. The molecular formula is C11H16N4O2. The minimum Gasteiger partial charge on any atom is -0.397 e. The summed E-state index contributed by atoms with van der Waals surface area (Å²) in [5, 5.41) is 0. The van der Waals surface area contributed by atoms with E-state index in [0.29, 0.717) is 4.90 Å². The maximum Gasteiger partial charge on any atom is 0.327 e. The molecule has 1 aromatic carbocycles. The minimum absolute atomic E-state index is 0.219. The van der Waals surface area contributed by atoms with E-state index in [1.54, 1.807) is 12.1 Å². The molecule has 17 heavy (non-hydrogen) atoms. The van der Waals surface area contributed by atoms with Crippen LogP contribution in [0.1, 0.15) is 25.3 Å². The molecule has 0 radical (unpaired) electrons. The van der Waals surface area contributed by atoms with Crippen LogP contribution in [-0.2, 0) is 0 Å². The molecule has 0 bridgehead atoms. The lowest BCUT2D eigenvalue weighted by molar-refractivity contribution is 0.243. The fourth-order valence-electron chi connectivity index (χ4n) is 1.46. The number of hydrogen-bond donors (Lipinski definition) is 3. The Bertz CT molecular complexity index is 443. The van der Waals surface area contributed by atoms with Crippen LogP contribution in [0.5, 0.6) is 0 Å². The molecule has 0 saturated heterocycles. The molecule has 0 spiro atoms. The summed E-state index contributed by atoms with van der Waals surface area (Å²) in [6.45, 7) is 3.96. The molecule has 6 nitrogen and oxygen atoms in total. The Labute approximate surface area is 99.4 Å². The van der Waals surface area contributed by atoms with Gasteiger partial charge in [0.25, 0.3) is 0 Å². The molecule has 4 amide bonds. The third-order valence-electron chi connectivity index (χ3n) is 2.40. The first-order chi connectivity index (χ1) is 7.84. The molecule has 0 unspecified atom stereocenters. The van der Waals surface area contributed by atoms with Crippen LogP contribution in [0, 0.1) is 0 Å². The summed E-state index contributed by atoms with van der Waals surface area (Å²) in [5.41, 5.74) is 17.3. The number of hydrogen-bond acceptors (Lipinski definition) is 3. The maximum atomic E-state index is 11.2. The lowest BCUT2D eigenvalue weighted by atomic mass is 10.0. The summed E-state index contributed by atoms with van der Waals surface area (Å²) in [5.74, 6) is 0.233. The van der Waals surface area contributed by atoms with Gasteiger partial charge in [-0.1, -0.05) is 19.9 Å². The van der Waals surface area contributed by atoms with E-state index in [1.165, 1.54) is 0 Å². The Morgan fingerprint density at radius 3 is 2.12 bits per heavy atom. The highest BCUT2D eigenvalue weighted by Gasteiger charge is 2.21. The van der Waals surface area contributed by atoms with E-state index in [2.05, 4.69) is 0 Å². The number of carbonyl (C=O) groups is 2. The summed E-state index contributed by atoms with van der Waals surface area (Å²) < 4.78 is 0. The van der Waals surface area contributed by atoms with Crippen LogP contribution in [0.15, 0.2) is 18.2 Å². The van der Waals surface area contributed by atoms with Crippen molar-refractivity contribution in [2.45, 2.75) is 19.8 Å². The van der Waals surface area contributed by atoms with Crippen LogP contribution in [-0.4, -0.2) is 12.1 Å². The second-order valence-electron chi connectivity index (χ2n) is 3.98. The quantitative estimate of drug-likeness (QED) is 0.673. The zero-order valence-electron chi connectivity index (χ0n) is 9.81. The van der Waals surface area contributed by atoms with E-state index in [9.17, 15) is 9.59 Å². The zero-order valence-corrected chi connectivity index (χ0v) is 9.81. The fourth-order valence-corrected chi connectivity index (χ4v) is 1.46. The van der Waals surface area contributed by atoms with E-state index in [4.69, 9.17) is 17.2 Å². The lowest BCUT2D eigenvalue weighted by Crippen LogP contribution is -2.44. The molecule has 0 heterocycles. The Morgan fingerprint density at radius 1 is 1.18 bits per heavy atom. The second-order valence-corrected chi connectivity index (χ2v) is 3.98. The number of anilines is 2. The highest BCUT2D eigenvalue weighted by atomic mass is 16.2. The Balaban J connectivity index is 3.31. The summed E-state index contributed by atoms with van der Waals surface area (Å²) in [7, 11) is 0. The highest BCUT2D eigenvalue weighted by molar-refractivity contribution is 6.14. The number of nitrogens with two attached hydrogens (primary N) is 3. The van der Waals surface area contributed by atoms with Crippen molar-refractivity contribution in [1.29, 1.82) is 0 Å². The van der Waals surface area contributed by atoms with Gasteiger partial charge in [-0.15, -0.1) is 0 Å². The lowest BCUT2D eigenvalue weighted by Gasteiger charge is -2.19. The average Bonchev–Trinajstić information content (AvgIpc) is 2.19. The highest BCUT2D eigenvalue weighted by Crippen LogP contribution is 2.27. The molecule has 6 heteroatoms. The van der Waals surface area contributed by atoms with Crippen molar-refractivity contribution in [3.05, 3.63) is 23.8 Å². The first-order valence-corrected chi connectivity index (χ1v) is 5.13. The smallest absolute Gasteiger partial charge is 0.327 e. The first kappa shape index (κ1) is 12.8. The Kier molecular flexibility index (Phi) is 3.57. The number of carbonyl (C=O) groups excluding carboxylic acids is 2. The van der Waals surface area contributed by atoms with Crippen LogP contribution >= 0.6 is 0 Å². The van der Waals surface area contributed by atoms with Gasteiger partial charge in [0.2, 0.25) is 0 Å². The molecule has 0 aromatic heterocycles. The zero-order chi connectivity index (χ0) is 13.2. The van der Waals surface area contributed by atoms with Crippen molar-refractivity contribution < 1.29 is 9.59 Å². The summed E-state index contributed by atoms with van der Waals surface area (Å²) in [4.78, 5) is 23.0. The van der Waals surface area contributed by atoms with Gasteiger partial charge < -0.3 is 17.2 Å². The van der Waals surface area contributed by atoms with Crippen LogP contribution in [0.4, 0.5) is 21.0 Å². The van der Waals surface area contributed by atoms with E-state index < -0.39 is 12.1 Å². The molecule has 6 N–H and O–H groups in total. The standard InChI is InChI=1S/C11H16N4O2/c1-6(2)7-3-4-8(12)9(5-7)15(10(13)16)11(14)17/h3-6H,12H2,1-2H3,(H2,13,16)(H2,14,17). The normalized spacial score (nSPS) is 10.3. The monoisotopic (exact) mass is 236 g/mol. The molecule has 0 aliphatic carbocycles. The number of nitrogens with zero attached hydrogens (tertiary/aromatic N) is 1. The van der Waals surface area contributed by atoms with Gasteiger partial charge in [0.05, 0.1) is 11.4 Å². The number of urea groups is 2. The number of imide groups is 1. The third kappa shape index (κ3) is 2.66. The second kappa shape index (κ2) is 4.73. The van der Waals surface area contributed by atoms with Crippen molar-refractivity contribution in [3.8, 4) is 0 Å². The van der Waals surface area contributed by atoms with Gasteiger partial charge in [-0.2, -0.15) is 0 Å². The Morgan fingerprint density at radius 2 is 1.71 bits per heavy atom. The first-order valence-electron chi connectivity index (χ1n) is 5.13. The van der Waals surface area contributed by atoms with Crippen LogP contribution < -0.4 is 22.1 Å². The van der Waals surface area contributed by atoms with Crippen LogP contribution in [0.25, 0.3) is 0 Å². The largest absolute Gasteiger partial charge is 0.397 e. The van der Waals surface area contributed by atoms with E-state index >= 15 is 0 Å². The maximum absolute atomic E-state index is 11.2. The van der Waals surface area contributed by atoms with Crippen molar-refractivity contribution >= 4 is 23.4 Å². The topological polar surface area (TPSA) is 115 Å². The van der Waals surface area contributed by atoms with Crippen molar-refractivity contribution in [3.63, 3.8) is 0 Å². The molecule has 1 aromatic rings. The number of amides is 4. The summed E-state index contributed by atoms with van der Waals surface area (Å²) >= 11 is 0. The molecule has 1 rings (SSSR count). The predicted molar refractivity (Wildman–Crippen MR) is 66.6 cm³/mol. The summed E-state index contributed by atoms with van der Waals surface area (Å²) in [6, 6.07) is 3.16. The van der Waals surface area contributed by atoms with Crippen molar-refractivity contribution in [2.75, 3.05) is 10.6 Å². The van der Waals surface area contributed by atoms with Gasteiger partial charge in [0.15, 0.2) is 0 Å². The molecule has 0 atom stereocenters. The number of nitrogen functional groups attached to an aromatic ring is 1. The molecule has 92 valence electrons. The van der Waals surface area contributed by atoms with E-state index in [-0.39, 0.29) is 17.3 Å². The summed E-state index contributed by atoms with van der Waals surface area (Å²) in [6.07, 6.45) is 0. The van der Waals surface area contributed by atoms with Crippen LogP contribution in [0.2, 0.25) is 0 Å². The van der Waals surface area contributed by atoms with Gasteiger partial charge in [0, 0.05) is 0 Å². The minimum atomic E-state index is -0.954. The fraction of sp³-hybridized carbons (Fsp3) is 0.273. The van der Waals surface area contributed by atoms with Gasteiger partial charge in [-0.25, -0.2) is 14.5 Å². The van der Waals surface area contributed by atoms with Crippen molar-refractivity contribution in [1.82, 2.24) is 0 Å². The SMILES string of the molecule is CC(C)c1ccc(N)c(N(C(N)=O)C(N)=O)c1. The van der Waals surface area contributed by atoms with Gasteiger partial charge in [-0.05, 0) is 23.6 Å². The molecule has 0 fully saturated rings. The number of rotatable bonds is 2. The van der Waals surface area contributed by atoms with Crippen molar-refractivity contribution in [2.24, 2.45) is 11.5 Å². The molecule has 0 aliphatic rings. The molecular weight excluding hydrogens is 220 g/mol. The average molecular weight is 236 g/mol. The van der Waals surface area contributed by atoms with E-state index in [0.717, 1.165) is 5.56 Å². The van der Waals surface area contributed by atoms with E-state index in [1.807, 2.05) is 19.9 Å². The number of primary amides is 2. The van der Waals surface area contributed by atoms with Gasteiger partial charge in [-0.3, -0.25) is 0 Å².